The molecule has 0 unspecified atom stereocenters. The summed E-state index contributed by atoms with van der Waals surface area (Å²) in [6, 6.07) is 28.5. The Bertz CT molecular complexity index is 1370. The zero-order valence-electron chi connectivity index (χ0n) is 18.3. The van der Waals surface area contributed by atoms with E-state index in [0.29, 0.717) is 34.2 Å². The fraction of sp³-hybridized carbons (Fsp3) is 0.0385. The zero-order valence-corrected chi connectivity index (χ0v) is 19.1. The van der Waals surface area contributed by atoms with E-state index in [4.69, 9.17) is 9.47 Å². The highest BCUT2D eigenvalue weighted by Gasteiger charge is 2.14. The molecule has 0 aromatic heterocycles. The Morgan fingerprint density at radius 3 is 1.94 bits per heavy atom. The lowest BCUT2D eigenvalue weighted by atomic mass is 10.2. The van der Waals surface area contributed by atoms with Gasteiger partial charge in [0.25, 0.3) is 15.9 Å². The van der Waals surface area contributed by atoms with Crippen molar-refractivity contribution in [3.63, 3.8) is 0 Å². The highest BCUT2D eigenvalue weighted by molar-refractivity contribution is 7.92. The van der Waals surface area contributed by atoms with Crippen molar-refractivity contribution in [1.29, 1.82) is 0 Å². The molecule has 4 aromatic rings. The maximum absolute atomic E-state index is 12.6. The minimum atomic E-state index is -3.70. The first-order valence-electron chi connectivity index (χ1n) is 10.3. The minimum absolute atomic E-state index is 0.162. The molecule has 0 spiro atoms. The number of methoxy groups -OCH3 is 1. The fourth-order valence-electron chi connectivity index (χ4n) is 3.14. The Kier molecular flexibility index (Phi) is 6.79. The van der Waals surface area contributed by atoms with Gasteiger partial charge in [0.1, 0.15) is 5.75 Å². The molecule has 34 heavy (non-hydrogen) atoms. The number of carbonyl (C=O) groups is 1. The summed E-state index contributed by atoms with van der Waals surface area (Å²) < 4.78 is 38.5. The smallest absolute Gasteiger partial charge is 0.261 e. The van der Waals surface area contributed by atoms with E-state index >= 15 is 0 Å². The van der Waals surface area contributed by atoms with Gasteiger partial charge in [-0.15, -0.1) is 0 Å². The van der Waals surface area contributed by atoms with Crippen LogP contribution in [0.2, 0.25) is 0 Å². The molecule has 0 aliphatic carbocycles. The number of amides is 1. The first-order chi connectivity index (χ1) is 16.4. The third kappa shape index (κ3) is 5.54. The second kappa shape index (κ2) is 10.1. The molecule has 0 aliphatic rings. The maximum atomic E-state index is 12.6. The maximum Gasteiger partial charge on any atom is 0.261 e. The summed E-state index contributed by atoms with van der Waals surface area (Å²) in [6.45, 7) is 0. The molecule has 7 nitrogen and oxygen atoms in total. The number of hydrogen-bond donors (Lipinski definition) is 2. The SMILES string of the molecule is COc1ccccc1Oc1ccc(NC(=O)c2ccc(NS(=O)(=O)c3ccccc3)cc2)cc1. The van der Waals surface area contributed by atoms with E-state index in [1.807, 2.05) is 18.2 Å². The van der Waals surface area contributed by atoms with Gasteiger partial charge in [-0.2, -0.15) is 0 Å². The van der Waals surface area contributed by atoms with E-state index in [1.54, 1.807) is 79.9 Å². The van der Waals surface area contributed by atoms with Gasteiger partial charge >= 0.3 is 0 Å². The van der Waals surface area contributed by atoms with Gasteiger partial charge in [0, 0.05) is 16.9 Å². The molecule has 0 aliphatic heterocycles. The number of ether oxygens (including phenoxy) is 2. The van der Waals surface area contributed by atoms with E-state index in [-0.39, 0.29) is 10.8 Å². The first-order valence-corrected chi connectivity index (χ1v) is 11.8. The van der Waals surface area contributed by atoms with Gasteiger partial charge in [-0.25, -0.2) is 8.42 Å². The predicted octanol–water partition coefficient (Wildman–Crippen LogP) is 5.54. The van der Waals surface area contributed by atoms with Crippen molar-refractivity contribution in [3.05, 3.63) is 109 Å². The van der Waals surface area contributed by atoms with Gasteiger partial charge in [-0.05, 0) is 72.8 Å². The molecule has 0 saturated carbocycles. The molecule has 0 bridgehead atoms. The summed E-state index contributed by atoms with van der Waals surface area (Å²) in [6.07, 6.45) is 0. The monoisotopic (exact) mass is 474 g/mol. The van der Waals surface area contributed by atoms with Crippen LogP contribution in [0.4, 0.5) is 11.4 Å². The number of nitrogens with one attached hydrogen (secondary N) is 2. The summed E-state index contributed by atoms with van der Waals surface area (Å²) in [5.74, 6) is 1.48. The molecule has 172 valence electrons. The largest absolute Gasteiger partial charge is 0.493 e. The predicted molar refractivity (Wildman–Crippen MR) is 131 cm³/mol. The van der Waals surface area contributed by atoms with Crippen LogP contribution >= 0.6 is 0 Å². The highest BCUT2D eigenvalue weighted by Crippen LogP contribution is 2.31. The second-order valence-corrected chi connectivity index (χ2v) is 8.91. The van der Waals surface area contributed by atoms with Crippen molar-refractivity contribution in [2.24, 2.45) is 0 Å². The Morgan fingerprint density at radius 2 is 1.29 bits per heavy atom. The third-order valence-electron chi connectivity index (χ3n) is 4.86. The number of benzene rings is 4. The lowest BCUT2D eigenvalue weighted by molar-refractivity contribution is 0.102. The van der Waals surface area contributed by atoms with Gasteiger partial charge in [0.05, 0.1) is 12.0 Å². The van der Waals surface area contributed by atoms with Crippen molar-refractivity contribution in [1.82, 2.24) is 0 Å². The quantitative estimate of drug-likeness (QED) is 0.350. The van der Waals surface area contributed by atoms with E-state index in [1.165, 1.54) is 12.1 Å². The Hall–Kier alpha value is -4.30. The van der Waals surface area contributed by atoms with Crippen LogP contribution < -0.4 is 19.5 Å². The molecule has 4 aromatic carbocycles. The van der Waals surface area contributed by atoms with Crippen molar-refractivity contribution in [3.8, 4) is 17.2 Å². The van der Waals surface area contributed by atoms with Crippen LogP contribution in [0, 0.1) is 0 Å². The van der Waals surface area contributed by atoms with Crippen molar-refractivity contribution < 1.29 is 22.7 Å². The van der Waals surface area contributed by atoms with Crippen LogP contribution in [0.15, 0.2) is 108 Å². The van der Waals surface area contributed by atoms with Crippen LogP contribution in [0.3, 0.4) is 0 Å². The lowest BCUT2D eigenvalue weighted by Gasteiger charge is -2.11. The van der Waals surface area contributed by atoms with Gasteiger partial charge in [-0.3, -0.25) is 9.52 Å². The number of carbonyl (C=O) groups excluding carboxylic acids is 1. The van der Waals surface area contributed by atoms with E-state index in [0.717, 1.165) is 0 Å². The molecule has 0 heterocycles. The van der Waals surface area contributed by atoms with Crippen LogP contribution in [-0.4, -0.2) is 21.4 Å². The summed E-state index contributed by atoms with van der Waals surface area (Å²) in [7, 11) is -2.12. The standard InChI is InChI=1S/C26H22N2O5S/c1-32-24-9-5-6-10-25(24)33-22-17-15-20(16-18-22)27-26(29)19-11-13-21(14-12-19)28-34(30,31)23-7-3-2-4-8-23/h2-18,28H,1H3,(H,27,29). The summed E-state index contributed by atoms with van der Waals surface area (Å²) >= 11 is 0. The van der Waals surface area contributed by atoms with E-state index in [2.05, 4.69) is 10.0 Å². The molecule has 8 heteroatoms. The average molecular weight is 475 g/mol. The normalized spacial score (nSPS) is 10.9. The highest BCUT2D eigenvalue weighted by atomic mass is 32.2. The van der Waals surface area contributed by atoms with Gasteiger partial charge in [0.2, 0.25) is 0 Å². The molecule has 0 fully saturated rings. The zero-order chi connectivity index (χ0) is 24.0. The average Bonchev–Trinajstić information content (AvgIpc) is 2.86. The van der Waals surface area contributed by atoms with Gasteiger partial charge < -0.3 is 14.8 Å². The lowest BCUT2D eigenvalue weighted by Crippen LogP contribution is -2.14. The first kappa shape index (κ1) is 22.9. The Balaban J connectivity index is 1.38. The van der Waals surface area contributed by atoms with Crippen molar-refractivity contribution in [2.75, 3.05) is 17.1 Å². The number of sulfonamides is 1. The minimum Gasteiger partial charge on any atom is -0.493 e. The Labute approximate surface area is 198 Å². The molecular formula is C26H22N2O5S. The molecule has 0 radical (unpaired) electrons. The van der Waals surface area contributed by atoms with Crippen LogP contribution in [0.1, 0.15) is 10.4 Å². The molecule has 0 saturated heterocycles. The van der Waals surface area contributed by atoms with Crippen LogP contribution in [0.5, 0.6) is 17.2 Å². The fourth-order valence-corrected chi connectivity index (χ4v) is 4.22. The molecule has 1 amide bonds. The summed E-state index contributed by atoms with van der Waals surface area (Å²) in [4.78, 5) is 12.8. The second-order valence-electron chi connectivity index (χ2n) is 7.23. The summed E-state index contributed by atoms with van der Waals surface area (Å²) in [5, 5.41) is 2.81. The van der Waals surface area contributed by atoms with Crippen LogP contribution in [-0.2, 0) is 10.0 Å². The molecule has 2 N–H and O–H groups in total. The van der Waals surface area contributed by atoms with Crippen LogP contribution in [0.25, 0.3) is 0 Å². The van der Waals surface area contributed by atoms with Gasteiger partial charge in [-0.1, -0.05) is 30.3 Å². The number of rotatable bonds is 8. The topological polar surface area (TPSA) is 93.7 Å². The van der Waals surface area contributed by atoms with E-state index < -0.39 is 10.0 Å². The van der Waals surface area contributed by atoms with E-state index in [9.17, 15) is 13.2 Å². The third-order valence-corrected chi connectivity index (χ3v) is 6.26. The molecule has 0 atom stereocenters. The van der Waals surface area contributed by atoms with Crippen molar-refractivity contribution >= 4 is 27.3 Å². The molecular weight excluding hydrogens is 452 g/mol. The number of para-hydroxylation sites is 2. The number of anilines is 2. The van der Waals surface area contributed by atoms with Crippen molar-refractivity contribution in [2.45, 2.75) is 4.90 Å². The molecule has 4 rings (SSSR count). The van der Waals surface area contributed by atoms with Gasteiger partial charge in [0.15, 0.2) is 11.5 Å². The number of hydrogen-bond acceptors (Lipinski definition) is 5. The Morgan fingerprint density at radius 1 is 0.706 bits per heavy atom. The summed E-state index contributed by atoms with van der Waals surface area (Å²) in [5.41, 5.74) is 1.33.